The molecular weight excluding hydrogens is 230 g/mol. The molecule has 0 heterocycles. The van der Waals surface area contributed by atoms with Crippen molar-refractivity contribution in [2.24, 2.45) is 0 Å². The highest BCUT2D eigenvalue weighted by Crippen LogP contribution is 2.26. The second kappa shape index (κ2) is 4.62. The molecule has 2 aromatic rings. The van der Waals surface area contributed by atoms with Gasteiger partial charge in [0.1, 0.15) is 11.6 Å². The van der Waals surface area contributed by atoms with Crippen LogP contribution in [0.1, 0.15) is 5.56 Å². The van der Waals surface area contributed by atoms with Gasteiger partial charge in [-0.2, -0.15) is 0 Å². The van der Waals surface area contributed by atoms with Crippen LogP contribution >= 0.6 is 11.6 Å². The van der Waals surface area contributed by atoms with Gasteiger partial charge in [0, 0.05) is 5.88 Å². The van der Waals surface area contributed by atoms with Crippen LogP contribution in [0.5, 0.6) is 0 Å². The van der Waals surface area contributed by atoms with Gasteiger partial charge in [0.25, 0.3) is 0 Å². The van der Waals surface area contributed by atoms with Gasteiger partial charge in [-0.15, -0.1) is 11.6 Å². The second-order valence-corrected chi connectivity index (χ2v) is 3.71. The van der Waals surface area contributed by atoms with Crippen LogP contribution in [0.25, 0.3) is 11.1 Å². The molecule has 0 aromatic heterocycles. The Labute approximate surface area is 97.5 Å². The first kappa shape index (κ1) is 11.1. The summed E-state index contributed by atoms with van der Waals surface area (Å²) in [5.74, 6) is -0.456. The summed E-state index contributed by atoms with van der Waals surface area (Å²) in [6.45, 7) is 0. The van der Waals surface area contributed by atoms with Crippen LogP contribution < -0.4 is 0 Å². The minimum atomic E-state index is -0.337. The molecule has 3 heteroatoms. The van der Waals surface area contributed by atoms with E-state index in [4.69, 9.17) is 11.6 Å². The molecule has 0 amide bonds. The Hall–Kier alpha value is -1.41. The maximum atomic E-state index is 13.1. The molecule has 0 aliphatic heterocycles. The molecule has 0 radical (unpaired) electrons. The third-order valence-corrected chi connectivity index (χ3v) is 2.63. The van der Waals surface area contributed by atoms with Gasteiger partial charge in [-0.05, 0) is 41.0 Å². The molecule has 0 saturated carbocycles. The summed E-state index contributed by atoms with van der Waals surface area (Å²) in [6.07, 6.45) is 0. The van der Waals surface area contributed by atoms with Crippen LogP contribution in [0.2, 0.25) is 0 Å². The number of hydrogen-bond acceptors (Lipinski definition) is 0. The Morgan fingerprint density at radius 2 is 1.69 bits per heavy atom. The molecule has 82 valence electrons. The lowest BCUT2D eigenvalue weighted by Crippen LogP contribution is -1.89. The van der Waals surface area contributed by atoms with Crippen molar-refractivity contribution in [2.75, 3.05) is 0 Å². The molecule has 0 nitrogen and oxygen atoms in total. The molecule has 0 fully saturated rings. The van der Waals surface area contributed by atoms with Gasteiger partial charge < -0.3 is 0 Å². The van der Waals surface area contributed by atoms with Gasteiger partial charge >= 0.3 is 0 Å². The SMILES string of the molecule is Fc1cccc(-c2ccc(F)cc2CCl)c1. The van der Waals surface area contributed by atoms with E-state index in [0.29, 0.717) is 11.1 Å². The Morgan fingerprint density at radius 3 is 2.38 bits per heavy atom. The average Bonchev–Trinajstić information content (AvgIpc) is 2.28. The number of rotatable bonds is 2. The Bertz CT molecular complexity index is 509. The number of halogens is 3. The number of benzene rings is 2. The first-order chi connectivity index (χ1) is 7.70. The monoisotopic (exact) mass is 238 g/mol. The summed E-state index contributed by atoms with van der Waals surface area (Å²) in [5.41, 5.74) is 2.12. The molecule has 0 bridgehead atoms. The smallest absolute Gasteiger partial charge is 0.123 e. The van der Waals surface area contributed by atoms with Crippen LogP contribution in [0.15, 0.2) is 42.5 Å². The van der Waals surface area contributed by atoms with Crippen LogP contribution in [0.3, 0.4) is 0 Å². The van der Waals surface area contributed by atoms with E-state index in [1.165, 1.54) is 24.3 Å². The molecule has 0 aliphatic rings. The van der Waals surface area contributed by atoms with Gasteiger partial charge in [0.15, 0.2) is 0 Å². The highest BCUT2D eigenvalue weighted by atomic mass is 35.5. The van der Waals surface area contributed by atoms with E-state index in [-0.39, 0.29) is 17.5 Å². The summed E-state index contributed by atoms with van der Waals surface area (Å²) in [5, 5.41) is 0. The van der Waals surface area contributed by atoms with Crippen molar-refractivity contribution in [1.29, 1.82) is 0 Å². The fourth-order valence-electron chi connectivity index (χ4n) is 1.61. The van der Waals surface area contributed by atoms with Crippen molar-refractivity contribution in [2.45, 2.75) is 5.88 Å². The van der Waals surface area contributed by atoms with E-state index in [0.717, 1.165) is 5.56 Å². The molecule has 2 aromatic carbocycles. The van der Waals surface area contributed by atoms with Gasteiger partial charge in [-0.25, -0.2) is 8.78 Å². The highest BCUT2D eigenvalue weighted by Gasteiger charge is 2.06. The third-order valence-electron chi connectivity index (χ3n) is 2.35. The molecule has 0 spiro atoms. The summed E-state index contributed by atoms with van der Waals surface area (Å²) in [4.78, 5) is 0. The van der Waals surface area contributed by atoms with Crippen molar-refractivity contribution in [3.63, 3.8) is 0 Å². The van der Waals surface area contributed by atoms with Crippen LogP contribution in [-0.4, -0.2) is 0 Å². The lowest BCUT2D eigenvalue weighted by atomic mass is 10.0. The minimum Gasteiger partial charge on any atom is -0.207 e. The van der Waals surface area contributed by atoms with Gasteiger partial charge in [0.2, 0.25) is 0 Å². The second-order valence-electron chi connectivity index (χ2n) is 3.45. The quantitative estimate of drug-likeness (QED) is 0.682. The summed E-state index contributed by atoms with van der Waals surface area (Å²) in [6, 6.07) is 10.5. The van der Waals surface area contributed by atoms with Gasteiger partial charge in [-0.3, -0.25) is 0 Å². The van der Waals surface area contributed by atoms with E-state index >= 15 is 0 Å². The minimum absolute atomic E-state index is 0.198. The van der Waals surface area contributed by atoms with E-state index in [9.17, 15) is 8.78 Å². The van der Waals surface area contributed by atoms with Crippen LogP contribution in [0, 0.1) is 11.6 Å². The predicted molar refractivity (Wildman–Crippen MR) is 61.4 cm³/mol. The maximum absolute atomic E-state index is 13.1. The first-order valence-corrected chi connectivity index (χ1v) is 5.34. The van der Waals surface area contributed by atoms with Crippen molar-refractivity contribution < 1.29 is 8.78 Å². The molecule has 0 saturated heterocycles. The normalized spacial score (nSPS) is 10.4. The zero-order valence-electron chi connectivity index (χ0n) is 8.38. The number of alkyl halides is 1. The Morgan fingerprint density at radius 1 is 0.938 bits per heavy atom. The van der Waals surface area contributed by atoms with E-state index in [2.05, 4.69) is 0 Å². The Balaban J connectivity index is 2.55. The van der Waals surface area contributed by atoms with Crippen molar-refractivity contribution in [3.8, 4) is 11.1 Å². The van der Waals surface area contributed by atoms with Crippen molar-refractivity contribution in [1.82, 2.24) is 0 Å². The van der Waals surface area contributed by atoms with E-state index < -0.39 is 0 Å². The fraction of sp³-hybridized carbons (Fsp3) is 0.0769. The third kappa shape index (κ3) is 2.22. The maximum Gasteiger partial charge on any atom is 0.123 e. The first-order valence-electron chi connectivity index (χ1n) is 4.81. The predicted octanol–water partition coefficient (Wildman–Crippen LogP) is 4.37. The molecule has 0 unspecified atom stereocenters. The van der Waals surface area contributed by atoms with Gasteiger partial charge in [0.05, 0.1) is 0 Å². The van der Waals surface area contributed by atoms with E-state index in [1.807, 2.05) is 0 Å². The summed E-state index contributed by atoms with van der Waals surface area (Å²) < 4.78 is 26.1. The van der Waals surface area contributed by atoms with Gasteiger partial charge in [-0.1, -0.05) is 18.2 Å². The van der Waals surface area contributed by atoms with Crippen molar-refractivity contribution in [3.05, 3.63) is 59.7 Å². The zero-order valence-corrected chi connectivity index (χ0v) is 9.14. The summed E-state index contributed by atoms with van der Waals surface area (Å²) in [7, 11) is 0. The molecule has 0 atom stereocenters. The highest BCUT2D eigenvalue weighted by molar-refractivity contribution is 6.17. The molecule has 2 rings (SSSR count). The molecule has 0 aliphatic carbocycles. The van der Waals surface area contributed by atoms with Crippen molar-refractivity contribution >= 4 is 11.6 Å². The summed E-state index contributed by atoms with van der Waals surface area (Å²) >= 11 is 5.73. The average molecular weight is 239 g/mol. The molecule has 0 N–H and O–H groups in total. The van der Waals surface area contributed by atoms with E-state index in [1.54, 1.807) is 18.2 Å². The topological polar surface area (TPSA) is 0 Å². The van der Waals surface area contributed by atoms with Crippen LogP contribution in [-0.2, 0) is 5.88 Å². The lowest BCUT2D eigenvalue weighted by molar-refractivity contribution is 0.626. The standard InChI is InChI=1S/C13H9ClF2/c14-8-10-7-12(16)4-5-13(10)9-2-1-3-11(15)6-9/h1-7H,8H2. The zero-order chi connectivity index (χ0) is 11.5. The fourth-order valence-corrected chi connectivity index (χ4v) is 1.83. The van der Waals surface area contributed by atoms with Crippen LogP contribution in [0.4, 0.5) is 8.78 Å². The number of hydrogen-bond donors (Lipinski definition) is 0. The Kier molecular flexibility index (Phi) is 3.20. The lowest BCUT2D eigenvalue weighted by Gasteiger charge is -2.07. The molecule has 16 heavy (non-hydrogen) atoms. The largest absolute Gasteiger partial charge is 0.207 e. The molecular formula is C13H9ClF2.